The summed E-state index contributed by atoms with van der Waals surface area (Å²) in [7, 11) is 3.87. The molecule has 1 aromatic heterocycles. The average Bonchev–Trinajstić information content (AvgIpc) is 3.26. The molecule has 0 aliphatic carbocycles. The summed E-state index contributed by atoms with van der Waals surface area (Å²) in [6.45, 7) is 3.38. The molecule has 2 aromatic rings. The third-order valence-corrected chi connectivity index (χ3v) is 5.75. The monoisotopic (exact) mass is 373 g/mol. The molecule has 7 heteroatoms. The summed E-state index contributed by atoms with van der Waals surface area (Å²) >= 11 is 1.60. The summed E-state index contributed by atoms with van der Waals surface area (Å²) in [4.78, 5) is 21.1. The standard InChI is InChI=1S/C19H27N5OS/c1-22(18(25)20-11-17-12-21-19(26-3)23(17)2)16-9-10-24(14-16)13-15-7-5-4-6-8-15/h4-8,12,16H,9-11,13-14H2,1-3H3,(H,20,25)/t16-/m1/s1. The van der Waals surface area contributed by atoms with Crippen molar-refractivity contribution in [3.63, 3.8) is 0 Å². The van der Waals surface area contributed by atoms with Crippen LogP contribution in [0.3, 0.4) is 0 Å². The van der Waals surface area contributed by atoms with E-state index in [0.29, 0.717) is 6.54 Å². The summed E-state index contributed by atoms with van der Waals surface area (Å²) in [5.74, 6) is 0. The zero-order chi connectivity index (χ0) is 18.5. The number of rotatable bonds is 6. The number of carbonyl (C=O) groups excluding carboxylic acids is 1. The lowest BCUT2D eigenvalue weighted by atomic mass is 10.2. The normalized spacial score (nSPS) is 17.4. The van der Waals surface area contributed by atoms with Crippen LogP contribution in [0.5, 0.6) is 0 Å². The molecule has 0 spiro atoms. The number of likely N-dealkylation sites (N-methyl/N-ethyl adjacent to an activating group) is 1. The number of thioether (sulfide) groups is 1. The zero-order valence-corrected chi connectivity index (χ0v) is 16.5. The Hall–Kier alpha value is -1.99. The summed E-state index contributed by atoms with van der Waals surface area (Å²) in [6.07, 6.45) is 4.84. The lowest BCUT2D eigenvalue weighted by Gasteiger charge is -2.25. The van der Waals surface area contributed by atoms with Gasteiger partial charge >= 0.3 is 6.03 Å². The summed E-state index contributed by atoms with van der Waals surface area (Å²) in [5, 5.41) is 3.97. The maximum absolute atomic E-state index is 12.5. The van der Waals surface area contributed by atoms with E-state index in [-0.39, 0.29) is 12.1 Å². The molecule has 0 unspecified atom stereocenters. The van der Waals surface area contributed by atoms with Crippen LogP contribution in [0.1, 0.15) is 17.7 Å². The lowest BCUT2D eigenvalue weighted by molar-refractivity contribution is 0.188. The summed E-state index contributed by atoms with van der Waals surface area (Å²) < 4.78 is 2.02. The Morgan fingerprint density at radius 2 is 2.15 bits per heavy atom. The van der Waals surface area contributed by atoms with Gasteiger partial charge in [-0.15, -0.1) is 0 Å². The van der Waals surface area contributed by atoms with E-state index >= 15 is 0 Å². The van der Waals surface area contributed by atoms with Crippen molar-refractivity contribution < 1.29 is 4.79 Å². The van der Waals surface area contributed by atoms with E-state index in [1.165, 1.54) is 5.56 Å². The number of imidazole rings is 1. The van der Waals surface area contributed by atoms with Crippen LogP contribution < -0.4 is 5.32 Å². The molecule has 0 saturated carbocycles. The topological polar surface area (TPSA) is 53.4 Å². The van der Waals surface area contributed by atoms with Crippen LogP contribution in [0.25, 0.3) is 0 Å². The SMILES string of the molecule is CSc1ncc(CNC(=O)N(C)[C@@H]2CCN(Cc3ccccc3)C2)n1C. The van der Waals surface area contributed by atoms with Gasteiger partial charge in [-0.25, -0.2) is 9.78 Å². The van der Waals surface area contributed by atoms with Gasteiger partial charge in [-0.2, -0.15) is 0 Å². The molecule has 0 radical (unpaired) electrons. The van der Waals surface area contributed by atoms with Gasteiger partial charge in [-0.3, -0.25) is 4.90 Å². The minimum Gasteiger partial charge on any atom is -0.332 e. The number of hydrogen-bond donors (Lipinski definition) is 1. The predicted molar refractivity (Wildman–Crippen MR) is 105 cm³/mol. The molecule has 1 N–H and O–H groups in total. The van der Waals surface area contributed by atoms with E-state index in [0.717, 1.165) is 36.9 Å². The van der Waals surface area contributed by atoms with E-state index < -0.39 is 0 Å². The molecule has 1 aliphatic heterocycles. The molecule has 26 heavy (non-hydrogen) atoms. The molecule has 1 aromatic carbocycles. The number of hydrogen-bond acceptors (Lipinski definition) is 4. The molecular formula is C19H27N5OS. The zero-order valence-electron chi connectivity index (χ0n) is 15.7. The van der Waals surface area contributed by atoms with Gasteiger partial charge in [0.2, 0.25) is 0 Å². The fourth-order valence-electron chi connectivity index (χ4n) is 3.35. The van der Waals surface area contributed by atoms with Crippen LogP contribution in [0.4, 0.5) is 4.79 Å². The highest BCUT2D eigenvalue weighted by atomic mass is 32.2. The second-order valence-corrected chi connectivity index (χ2v) is 7.50. The smallest absolute Gasteiger partial charge is 0.317 e. The third kappa shape index (κ3) is 4.40. The number of nitrogens with zero attached hydrogens (tertiary/aromatic N) is 4. The largest absolute Gasteiger partial charge is 0.332 e. The number of benzene rings is 1. The molecule has 140 valence electrons. The molecule has 3 rings (SSSR count). The second-order valence-electron chi connectivity index (χ2n) is 6.73. The Labute approximate surface area is 159 Å². The highest BCUT2D eigenvalue weighted by molar-refractivity contribution is 7.98. The molecule has 1 atom stereocenters. The molecule has 2 heterocycles. The van der Waals surface area contributed by atoms with Gasteiger partial charge in [0.05, 0.1) is 18.4 Å². The number of urea groups is 1. The number of amides is 2. The van der Waals surface area contributed by atoms with Gasteiger partial charge in [0.25, 0.3) is 0 Å². The molecule has 2 amide bonds. The van der Waals surface area contributed by atoms with E-state index in [1.54, 1.807) is 11.8 Å². The van der Waals surface area contributed by atoms with Crippen molar-refractivity contribution in [2.24, 2.45) is 7.05 Å². The Morgan fingerprint density at radius 1 is 1.38 bits per heavy atom. The highest BCUT2D eigenvalue weighted by Crippen LogP contribution is 2.18. The van der Waals surface area contributed by atoms with Crippen molar-refractivity contribution in [3.05, 3.63) is 47.8 Å². The number of aromatic nitrogens is 2. The second kappa shape index (κ2) is 8.60. The number of nitrogens with one attached hydrogen (secondary N) is 1. The van der Waals surface area contributed by atoms with Crippen molar-refractivity contribution >= 4 is 17.8 Å². The molecule has 1 saturated heterocycles. The maximum Gasteiger partial charge on any atom is 0.317 e. The molecule has 6 nitrogen and oxygen atoms in total. The average molecular weight is 374 g/mol. The van der Waals surface area contributed by atoms with Gasteiger partial charge < -0.3 is 14.8 Å². The van der Waals surface area contributed by atoms with Crippen molar-refractivity contribution in [1.29, 1.82) is 0 Å². The van der Waals surface area contributed by atoms with Crippen molar-refractivity contribution in [3.8, 4) is 0 Å². The predicted octanol–water partition coefficient (Wildman–Crippen LogP) is 2.56. The first-order valence-corrected chi connectivity index (χ1v) is 10.1. The van der Waals surface area contributed by atoms with Crippen LogP contribution in [-0.2, 0) is 20.1 Å². The van der Waals surface area contributed by atoms with Gasteiger partial charge in [0.1, 0.15) is 0 Å². The molecule has 1 fully saturated rings. The van der Waals surface area contributed by atoms with Crippen molar-refractivity contribution in [1.82, 2.24) is 24.7 Å². The third-order valence-electron chi connectivity index (χ3n) is 5.01. The quantitative estimate of drug-likeness (QED) is 0.791. The Bertz CT molecular complexity index is 733. The first kappa shape index (κ1) is 18.8. The van der Waals surface area contributed by atoms with E-state index in [1.807, 2.05) is 42.1 Å². The lowest BCUT2D eigenvalue weighted by Crippen LogP contribution is -2.44. The first-order chi connectivity index (χ1) is 12.6. The fraction of sp³-hybridized carbons (Fsp3) is 0.474. The van der Waals surface area contributed by atoms with E-state index in [2.05, 4.69) is 39.5 Å². The molecular weight excluding hydrogens is 346 g/mol. The highest BCUT2D eigenvalue weighted by Gasteiger charge is 2.28. The fourth-order valence-corrected chi connectivity index (χ4v) is 3.90. The summed E-state index contributed by atoms with van der Waals surface area (Å²) in [6, 6.07) is 10.7. The number of likely N-dealkylation sites (tertiary alicyclic amines) is 1. The van der Waals surface area contributed by atoms with Crippen LogP contribution in [-0.4, -0.2) is 57.8 Å². The first-order valence-electron chi connectivity index (χ1n) is 8.90. The minimum atomic E-state index is -0.0246. The Kier molecular flexibility index (Phi) is 6.21. The van der Waals surface area contributed by atoms with Gasteiger partial charge in [0, 0.05) is 39.8 Å². The van der Waals surface area contributed by atoms with Crippen molar-refractivity contribution in [2.75, 3.05) is 26.4 Å². The van der Waals surface area contributed by atoms with Crippen LogP contribution >= 0.6 is 11.8 Å². The minimum absolute atomic E-state index is 0.0246. The van der Waals surface area contributed by atoms with Gasteiger partial charge in [0.15, 0.2) is 5.16 Å². The van der Waals surface area contributed by atoms with E-state index in [4.69, 9.17) is 0 Å². The van der Waals surface area contributed by atoms with Crippen molar-refractivity contribution in [2.45, 2.75) is 30.7 Å². The van der Waals surface area contributed by atoms with Crippen LogP contribution in [0, 0.1) is 0 Å². The molecule has 1 aliphatic rings. The maximum atomic E-state index is 12.5. The Balaban J connectivity index is 1.48. The molecule has 0 bridgehead atoms. The summed E-state index contributed by atoms with van der Waals surface area (Å²) in [5.41, 5.74) is 2.33. The van der Waals surface area contributed by atoms with E-state index in [9.17, 15) is 4.79 Å². The van der Waals surface area contributed by atoms with Gasteiger partial charge in [-0.05, 0) is 18.2 Å². The van der Waals surface area contributed by atoms with Gasteiger partial charge in [-0.1, -0.05) is 42.1 Å². The van der Waals surface area contributed by atoms with Crippen LogP contribution in [0.15, 0.2) is 41.7 Å². The number of carbonyl (C=O) groups is 1. The Morgan fingerprint density at radius 3 is 2.85 bits per heavy atom. The van der Waals surface area contributed by atoms with Crippen LogP contribution in [0.2, 0.25) is 0 Å².